The fourth-order valence-corrected chi connectivity index (χ4v) is 2.12. The highest BCUT2D eigenvalue weighted by Gasteiger charge is 2.20. The molecular formula is C15H10ClNO3. The van der Waals surface area contributed by atoms with Crippen LogP contribution in [0.15, 0.2) is 51.5 Å². The number of hydrogen-bond acceptors (Lipinski definition) is 4. The van der Waals surface area contributed by atoms with Crippen molar-refractivity contribution in [1.82, 2.24) is 0 Å². The third kappa shape index (κ3) is 2.38. The summed E-state index contributed by atoms with van der Waals surface area (Å²) in [4.78, 5) is 15.4. The highest BCUT2D eigenvalue weighted by Crippen LogP contribution is 2.30. The number of ether oxygens (including phenoxy) is 1. The van der Waals surface area contributed by atoms with Crippen LogP contribution in [0, 0.1) is 0 Å². The number of esters is 1. The number of halogens is 1. The molecule has 5 heteroatoms. The number of aliphatic imine (C=N–C) groups is 1. The average molecular weight is 288 g/mol. The number of nitrogens with zero attached hydrogens (tertiary/aromatic N) is 1. The van der Waals surface area contributed by atoms with Crippen molar-refractivity contribution in [3.63, 3.8) is 0 Å². The number of rotatable bonds is 2. The molecule has 0 fully saturated rings. The standard InChI is InChI=1S/C15H10ClNO3/c1-9-17-13(15(18)19-9)8-10-6-7-14(20-10)11-4-2-3-5-12(11)16/h2-8H,1H3/b13-8-. The lowest BCUT2D eigenvalue weighted by Gasteiger charge is -1.98. The molecule has 0 bridgehead atoms. The Hall–Kier alpha value is -2.33. The fourth-order valence-electron chi connectivity index (χ4n) is 1.89. The van der Waals surface area contributed by atoms with Crippen molar-refractivity contribution in [2.75, 3.05) is 0 Å². The van der Waals surface area contributed by atoms with E-state index in [0.717, 1.165) is 5.56 Å². The van der Waals surface area contributed by atoms with E-state index in [9.17, 15) is 4.79 Å². The fraction of sp³-hybridized carbons (Fsp3) is 0.0667. The molecule has 3 rings (SSSR count). The lowest BCUT2D eigenvalue weighted by Crippen LogP contribution is -1.99. The first-order chi connectivity index (χ1) is 9.63. The first kappa shape index (κ1) is 12.7. The quantitative estimate of drug-likeness (QED) is 0.621. The molecule has 4 nitrogen and oxygen atoms in total. The van der Waals surface area contributed by atoms with Gasteiger partial charge in [0.15, 0.2) is 11.6 Å². The van der Waals surface area contributed by atoms with Crippen LogP contribution in [-0.2, 0) is 9.53 Å². The van der Waals surface area contributed by atoms with Gasteiger partial charge in [0.05, 0.1) is 5.02 Å². The van der Waals surface area contributed by atoms with Crippen LogP contribution in [0.1, 0.15) is 12.7 Å². The molecule has 0 atom stereocenters. The Morgan fingerprint density at radius 2 is 2.00 bits per heavy atom. The summed E-state index contributed by atoms with van der Waals surface area (Å²) in [6, 6.07) is 10.9. The smallest absolute Gasteiger partial charge is 0.363 e. The van der Waals surface area contributed by atoms with Gasteiger partial charge in [0.2, 0.25) is 0 Å². The van der Waals surface area contributed by atoms with Crippen LogP contribution in [0.2, 0.25) is 5.02 Å². The van der Waals surface area contributed by atoms with E-state index < -0.39 is 5.97 Å². The van der Waals surface area contributed by atoms with Gasteiger partial charge in [0.1, 0.15) is 11.5 Å². The van der Waals surface area contributed by atoms with Gasteiger partial charge in [-0.15, -0.1) is 0 Å². The number of carbonyl (C=O) groups is 1. The highest BCUT2D eigenvalue weighted by molar-refractivity contribution is 6.33. The molecule has 0 radical (unpaired) electrons. The molecule has 1 aromatic heterocycles. The first-order valence-corrected chi connectivity index (χ1v) is 6.35. The molecule has 2 heterocycles. The normalized spacial score (nSPS) is 16.4. The molecule has 0 unspecified atom stereocenters. The number of cyclic esters (lactones) is 1. The molecule has 1 aliphatic rings. The number of benzene rings is 1. The maximum Gasteiger partial charge on any atom is 0.363 e. The second-order valence-electron chi connectivity index (χ2n) is 4.23. The Bertz CT molecular complexity index is 743. The summed E-state index contributed by atoms with van der Waals surface area (Å²) >= 11 is 6.11. The maximum absolute atomic E-state index is 11.5. The summed E-state index contributed by atoms with van der Waals surface area (Å²) in [5, 5.41) is 0.607. The van der Waals surface area contributed by atoms with Crippen molar-refractivity contribution in [3.8, 4) is 11.3 Å². The first-order valence-electron chi connectivity index (χ1n) is 5.97. The molecule has 2 aromatic rings. The van der Waals surface area contributed by atoms with Crippen LogP contribution in [0.3, 0.4) is 0 Å². The van der Waals surface area contributed by atoms with E-state index in [-0.39, 0.29) is 5.70 Å². The van der Waals surface area contributed by atoms with Crippen molar-refractivity contribution < 1.29 is 13.9 Å². The predicted octanol–water partition coefficient (Wildman–Crippen LogP) is 3.92. The lowest BCUT2D eigenvalue weighted by atomic mass is 10.2. The predicted molar refractivity (Wildman–Crippen MR) is 76.3 cm³/mol. The average Bonchev–Trinajstić information content (AvgIpc) is 2.98. The molecule has 0 aliphatic carbocycles. The van der Waals surface area contributed by atoms with Gasteiger partial charge in [0.25, 0.3) is 0 Å². The molecule has 0 saturated carbocycles. The zero-order valence-electron chi connectivity index (χ0n) is 10.6. The molecule has 100 valence electrons. The van der Waals surface area contributed by atoms with Crippen LogP contribution in [0.4, 0.5) is 0 Å². The van der Waals surface area contributed by atoms with Gasteiger partial charge >= 0.3 is 5.97 Å². The van der Waals surface area contributed by atoms with E-state index in [0.29, 0.717) is 22.4 Å². The molecule has 20 heavy (non-hydrogen) atoms. The topological polar surface area (TPSA) is 51.8 Å². The molecule has 1 aromatic carbocycles. The van der Waals surface area contributed by atoms with Crippen molar-refractivity contribution in [2.45, 2.75) is 6.92 Å². The van der Waals surface area contributed by atoms with Gasteiger partial charge in [-0.25, -0.2) is 9.79 Å². The minimum Gasteiger partial charge on any atom is -0.457 e. The van der Waals surface area contributed by atoms with Gasteiger partial charge in [-0.2, -0.15) is 0 Å². The largest absolute Gasteiger partial charge is 0.457 e. The molecule has 1 aliphatic heterocycles. The summed E-state index contributed by atoms with van der Waals surface area (Å²) in [6.07, 6.45) is 1.54. The Morgan fingerprint density at radius 1 is 1.20 bits per heavy atom. The van der Waals surface area contributed by atoms with E-state index in [1.165, 1.54) is 0 Å². The molecular weight excluding hydrogens is 278 g/mol. The Labute approximate surface area is 120 Å². The van der Waals surface area contributed by atoms with Gasteiger partial charge < -0.3 is 9.15 Å². The minimum absolute atomic E-state index is 0.225. The molecule has 0 amide bonds. The van der Waals surface area contributed by atoms with Gasteiger partial charge in [-0.05, 0) is 24.3 Å². The monoisotopic (exact) mass is 287 g/mol. The van der Waals surface area contributed by atoms with E-state index >= 15 is 0 Å². The van der Waals surface area contributed by atoms with Crippen molar-refractivity contribution in [3.05, 3.63) is 52.9 Å². The van der Waals surface area contributed by atoms with Crippen LogP contribution in [-0.4, -0.2) is 11.9 Å². The van der Waals surface area contributed by atoms with Crippen LogP contribution in [0.25, 0.3) is 17.4 Å². The SMILES string of the molecule is CC1=N/C(=C\c2ccc(-c3ccccc3Cl)o2)C(=O)O1. The van der Waals surface area contributed by atoms with Gasteiger partial charge in [-0.1, -0.05) is 23.7 Å². The van der Waals surface area contributed by atoms with Crippen LogP contribution >= 0.6 is 11.6 Å². The van der Waals surface area contributed by atoms with Gasteiger partial charge in [0, 0.05) is 18.6 Å². The van der Waals surface area contributed by atoms with E-state index in [2.05, 4.69) is 4.99 Å². The molecule has 0 spiro atoms. The van der Waals surface area contributed by atoms with Crippen LogP contribution < -0.4 is 0 Å². The number of carbonyl (C=O) groups excluding carboxylic acids is 1. The summed E-state index contributed by atoms with van der Waals surface area (Å²) < 4.78 is 10.5. The zero-order valence-corrected chi connectivity index (χ0v) is 11.3. The molecule has 0 saturated heterocycles. The summed E-state index contributed by atoms with van der Waals surface area (Å²) in [7, 11) is 0. The van der Waals surface area contributed by atoms with Crippen molar-refractivity contribution >= 4 is 29.5 Å². The minimum atomic E-state index is -0.474. The highest BCUT2D eigenvalue weighted by atomic mass is 35.5. The summed E-state index contributed by atoms with van der Waals surface area (Å²) in [6.45, 7) is 1.62. The second kappa shape index (κ2) is 4.98. The van der Waals surface area contributed by atoms with Crippen LogP contribution in [0.5, 0.6) is 0 Å². The number of hydrogen-bond donors (Lipinski definition) is 0. The lowest BCUT2D eigenvalue weighted by molar-refractivity contribution is -0.130. The maximum atomic E-state index is 11.5. The van der Waals surface area contributed by atoms with E-state index in [4.69, 9.17) is 20.8 Å². The third-order valence-electron chi connectivity index (χ3n) is 2.77. The molecule has 0 N–H and O–H groups in total. The second-order valence-corrected chi connectivity index (χ2v) is 4.64. The van der Waals surface area contributed by atoms with Crippen molar-refractivity contribution in [2.24, 2.45) is 4.99 Å². The van der Waals surface area contributed by atoms with Gasteiger partial charge in [-0.3, -0.25) is 0 Å². The van der Waals surface area contributed by atoms with Crippen molar-refractivity contribution in [1.29, 1.82) is 0 Å². The Kier molecular flexibility index (Phi) is 3.16. The van der Waals surface area contributed by atoms with E-state index in [1.807, 2.05) is 18.2 Å². The Morgan fingerprint density at radius 3 is 2.70 bits per heavy atom. The third-order valence-corrected chi connectivity index (χ3v) is 3.10. The summed E-state index contributed by atoms with van der Waals surface area (Å²) in [5.74, 6) is 1.01. The number of furan rings is 1. The Balaban J connectivity index is 1.94. The van der Waals surface area contributed by atoms with E-state index in [1.54, 1.807) is 31.2 Å². The zero-order chi connectivity index (χ0) is 14.1. The summed E-state index contributed by atoms with van der Waals surface area (Å²) in [5.41, 5.74) is 1.02.